The molecule has 0 aromatic heterocycles. The molecule has 0 spiro atoms. The molecule has 1 atom stereocenters. The fraction of sp³-hybridized carbons (Fsp3) is 0.526. The van der Waals surface area contributed by atoms with Crippen LogP contribution in [0.1, 0.15) is 12.0 Å². The summed E-state index contributed by atoms with van der Waals surface area (Å²) in [5.74, 6) is 2.04. The molecule has 27 heavy (non-hydrogen) atoms. The van der Waals surface area contributed by atoms with Crippen molar-refractivity contribution in [3.05, 3.63) is 46.0 Å². The number of hydrogen-bond donors (Lipinski definition) is 0. The van der Waals surface area contributed by atoms with Gasteiger partial charge in [-0.1, -0.05) is 0 Å². The number of ether oxygens (including phenoxy) is 1. The third-order valence-corrected chi connectivity index (χ3v) is 6.01. The molecule has 2 aliphatic heterocycles. The van der Waals surface area contributed by atoms with Gasteiger partial charge in [-0.15, -0.1) is 0 Å². The van der Waals surface area contributed by atoms with Crippen molar-refractivity contribution >= 4 is 29.4 Å². The minimum Gasteiger partial charge on any atom is -0.379 e. The SMILES string of the molecule is O=C(/C=C/c1ccc([N+](=O)[O-])cc1)N1CCCSCC1CN1CCOCC1. The Morgan fingerprint density at radius 2 is 2.00 bits per heavy atom. The number of benzene rings is 1. The van der Waals surface area contributed by atoms with Gasteiger partial charge in [0, 0.05) is 50.1 Å². The van der Waals surface area contributed by atoms with Crippen LogP contribution in [0.15, 0.2) is 30.3 Å². The first kappa shape index (κ1) is 19.9. The molecular formula is C19H25N3O4S. The Morgan fingerprint density at radius 1 is 1.26 bits per heavy atom. The Labute approximate surface area is 163 Å². The van der Waals surface area contributed by atoms with E-state index in [0.29, 0.717) is 0 Å². The first-order valence-electron chi connectivity index (χ1n) is 9.24. The molecule has 1 aromatic rings. The second kappa shape index (κ2) is 9.87. The number of nitrogens with zero attached hydrogens (tertiary/aromatic N) is 3. The quantitative estimate of drug-likeness (QED) is 0.435. The van der Waals surface area contributed by atoms with Crippen molar-refractivity contribution in [2.75, 3.05) is 50.9 Å². The minimum atomic E-state index is -0.427. The van der Waals surface area contributed by atoms with Gasteiger partial charge in [-0.2, -0.15) is 11.8 Å². The van der Waals surface area contributed by atoms with Gasteiger partial charge in [-0.25, -0.2) is 0 Å². The average Bonchev–Trinajstić information content (AvgIpc) is 2.93. The summed E-state index contributed by atoms with van der Waals surface area (Å²) < 4.78 is 5.42. The van der Waals surface area contributed by atoms with E-state index >= 15 is 0 Å². The summed E-state index contributed by atoms with van der Waals surface area (Å²) in [5, 5.41) is 10.7. The van der Waals surface area contributed by atoms with E-state index < -0.39 is 4.92 Å². The van der Waals surface area contributed by atoms with Crippen molar-refractivity contribution in [1.29, 1.82) is 0 Å². The lowest BCUT2D eigenvalue weighted by Gasteiger charge is -2.35. The van der Waals surface area contributed by atoms with Crippen molar-refractivity contribution in [3.8, 4) is 0 Å². The maximum Gasteiger partial charge on any atom is 0.269 e. The van der Waals surface area contributed by atoms with Crippen LogP contribution in [0.4, 0.5) is 5.69 Å². The summed E-state index contributed by atoms with van der Waals surface area (Å²) >= 11 is 1.91. The number of nitro groups is 1. The number of carbonyl (C=O) groups excluding carboxylic acids is 1. The Kier molecular flexibility index (Phi) is 7.25. The Balaban J connectivity index is 1.64. The highest BCUT2D eigenvalue weighted by Crippen LogP contribution is 2.19. The minimum absolute atomic E-state index is 0.00844. The van der Waals surface area contributed by atoms with Gasteiger partial charge in [0.1, 0.15) is 0 Å². The lowest BCUT2D eigenvalue weighted by atomic mass is 10.1. The second-order valence-electron chi connectivity index (χ2n) is 6.71. The number of amides is 1. The molecule has 2 saturated heterocycles. The molecule has 1 aromatic carbocycles. The highest BCUT2D eigenvalue weighted by atomic mass is 32.2. The number of hydrogen-bond acceptors (Lipinski definition) is 6. The molecule has 0 aliphatic carbocycles. The largest absolute Gasteiger partial charge is 0.379 e. The number of thioether (sulfide) groups is 1. The molecule has 7 nitrogen and oxygen atoms in total. The smallest absolute Gasteiger partial charge is 0.269 e. The van der Waals surface area contributed by atoms with Crippen LogP contribution in [-0.4, -0.2) is 77.6 Å². The first-order valence-corrected chi connectivity index (χ1v) is 10.4. The Hall–Kier alpha value is -1.90. The number of rotatable bonds is 5. The van der Waals surface area contributed by atoms with Gasteiger partial charge in [0.15, 0.2) is 0 Å². The normalized spacial score (nSPS) is 21.9. The first-order chi connectivity index (χ1) is 13.1. The predicted octanol–water partition coefficient (Wildman–Crippen LogP) is 2.27. The summed E-state index contributed by atoms with van der Waals surface area (Å²) in [6, 6.07) is 6.42. The third kappa shape index (κ3) is 5.79. The second-order valence-corrected chi connectivity index (χ2v) is 7.86. The van der Waals surface area contributed by atoms with E-state index in [1.165, 1.54) is 12.1 Å². The summed E-state index contributed by atoms with van der Waals surface area (Å²) in [7, 11) is 0. The maximum absolute atomic E-state index is 12.8. The molecule has 2 heterocycles. The van der Waals surface area contributed by atoms with Crippen LogP contribution in [0, 0.1) is 10.1 Å². The molecule has 1 unspecified atom stereocenters. The van der Waals surface area contributed by atoms with Crippen LogP contribution >= 0.6 is 11.8 Å². The monoisotopic (exact) mass is 391 g/mol. The standard InChI is InChI=1S/C19H25N3O4S/c23-19(7-4-16-2-5-17(6-3-16)22(24)25)21-8-1-13-27-15-18(21)14-20-9-11-26-12-10-20/h2-7,18H,1,8-15H2/b7-4+. The van der Waals surface area contributed by atoms with Crippen molar-refractivity contribution in [1.82, 2.24) is 9.80 Å². The van der Waals surface area contributed by atoms with E-state index in [9.17, 15) is 14.9 Å². The van der Waals surface area contributed by atoms with Gasteiger partial charge in [0.05, 0.1) is 24.2 Å². The van der Waals surface area contributed by atoms with E-state index in [0.717, 1.165) is 62.9 Å². The maximum atomic E-state index is 12.8. The van der Waals surface area contributed by atoms with Crippen LogP contribution < -0.4 is 0 Å². The summed E-state index contributed by atoms with van der Waals surface area (Å²) in [6.07, 6.45) is 4.32. The zero-order valence-electron chi connectivity index (χ0n) is 15.3. The molecule has 2 aliphatic rings. The van der Waals surface area contributed by atoms with Crippen molar-refractivity contribution < 1.29 is 14.5 Å². The zero-order chi connectivity index (χ0) is 19.1. The number of carbonyl (C=O) groups is 1. The van der Waals surface area contributed by atoms with E-state index in [1.807, 2.05) is 16.7 Å². The average molecular weight is 391 g/mol. The predicted molar refractivity (Wildman–Crippen MR) is 107 cm³/mol. The van der Waals surface area contributed by atoms with Crippen LogP contribution in [0.2, 0.25) is 0 Å². The fourth-order valence-electron chi connectivity index (χ4n) is 3.32. The Morgan fingerprint density at radius 3 is 2.70 bits per heavy atom. The number of non-ortho nitro benzene ring substituents is 1. The molecule has 0 saturated carbocycles. The highest BCUT2D eigenvalue weighted by Gasteiger charge is 2.27. The number of nitro benzene ring substituents is 1. The summed E-state index contributed by atoms with van der Waals surface area (Å²) in [6.45, 7) is 5.00. The molecule has 146 valence electrons. The van der Waals surface area contributed by atoms with E-state index in [-0.39, 0.29) is 17.6 Å². The van der Waals surface area contributed by atoms with E-state index in [1.54, 1.807) is 24.3 Å². The summed E-state index contributed by atoms with van der Waals surface area (Å²) in [4.78, 5) is 27.5. The van der Waals surface area contributed by atoms with Crippen LogP contribution in [0.5, 0.6) is 0 Å². The van der Waals surface area contributed by atoms with Gasteiger partial charge < -0.3 is 9.64 Å². The van der Waals surface area contributed by atoms with E-state index in [4.69, 9.17) is 4.74 Å². The van der Waals surface area contributed by atoms with Crippen molar-refractivity contribution in [2.24, 2.45) is 0 Å². The van der Waals surface area contributed by atoms with Gasteiger partial charge in [0.25, 0.3) is 5.69 Å². The molecule has 0 bridgehead atoms. The van der Waals surface area contributed by atoms with Crippen molar-refractivity contribution in [3.63, 3.8) is 0 Å². The Bertz CT molecular complexity index is 674. The van der Waals surface area contributed by atoms with E-state index in [2.05, 4.69) is 4.90 Å². The molecule has 3 rings (SSSR count). The zero-order valence-corrected chi connectivity index (χ0v) is 16.1. The van der Waals surface area contributed by atoms with Gasteiger partial charge in [0.2, 0.25) is 5.91 Å². The molecule has 0 N–H and O–H groups in total. The lowest BCUT2D eigenvalue weighted by molar-refractivity contribution is -0.384. The molecular weight excluding hydrogens is 366 g/mol. The molecule has 8 heteroatoms. The van der Waals surface area contributed by atoms with Crippen LogP contribution in [-0.2, 0) is 9.53 Å². The van der Waals surface area contributed by atoms with Crippen molar-refractivity contribution in [2.45, 2.75) is 12.5 Å². The molecule has 2 fully saturated rings. The van der Waals surface area contributed by atoms with Gasteiger partial charge in [-0.05, 0) is 35.9 Å². The van der Waals surface area contributed by atoms with Gasteiger partial charge in [-0.3, -0.25) is 19.8 Å². The molecule has 0 radical (unpaired) electrons. The highest BCUT2D eigenvalue weighted by molar-refractivity contribution is 7.99. The number of morpholine rings is 1. The third-order valence-electron chi connectivity index (χ3n) is 4.82. The topological polar surface area (TPSA) is 75.9 Å². The molecule has 1 amide bonds. The summed E-state index contributed by atoms with van der Waals surface area (Å²) in [5.41, 5.74) is 0.830. The van der Waals surface area contributed by atoms with Crippen LogP contribution in [0.25, 0.3) is 6.08 Å². The fourth-order valence-corrected chi connectivity index (χ4v) is 4.38. The lowest BCUT2D eigenvalue weighted by Crippen LogP contribution is -2.50. The van der Waals surface area contributed by atoms with Gasteiger partial charge >= 0.3 is 0 Å². The van der Waals surface area contributed by atoms with Crippen LogP contribution in [0.3, 0.4) is 0 Å².